The predicted octanol–water partition coefficient (Wildman–Crippen LogP) is 6.02. The van der Waals surface area contributed by atoms with E-state index in [4.69, 9.17) is 14.7 Å². The van der Waals surface area contributed by atoms with Crippen LogP contribution in [0.2, 0.25) is 0 Å². The van der Waals surface area contributed by atoms with Gasteiger partial charge in [0.15, 0.2) is 5.13 Å². The molecule has 3 heterocycles. The molecule has 0 spiro atoms. The molecule has 0 radical (unpaired) electrons. The molecule has 1 aliphatic heterocycles. The van der Waals surface area contributed by atoms with Crippen molar-refractivity contribution in [1.82, 2.24) is 14.9 Å². The summed E-state index contributed by atoms with van der Waals surface area (Å²) in [6.07, 6.45) is 0.782. The van der Waals surface area contributed by atoms with Gasteiger partial charge >= 0.3 is 0 Å². The van der Waals surface area contributed by atoms with E-state index in [1.807, 2.05) is 60.7 Å². The van der Waals surface area contributed by atoms with Crippen molar-refractivity contribution in [3.63, 3.8) is 0 Å². The van der Waals surface area contributed by atoms with Crippen molar-refractivity contribution in [1.29, 1.82) is 0 Å². The Labute approximate surface area is 224 Å². The van der Waals surface area contributed by atoms with Crippen LogP contribution in [0.3, 0.4) is 0 Å². The number of fused-ring (bicyclic) bond motifs is 2. The largest absolute Gasteiger partial charge is 0.379 e. The number of halogens is 1. The van der Waals surface area contributed by atoms with Crippen LogP contribution in [0, 0.1) is 5.82 Å². The molecule has 38 heavy (non-hydrogen) atoms. The van der Waals surface area contributed by atoms with Crippen LogP contribution < -0.4 is 4.90 Å². The van der Waals surface area contributed by atoms with Crippen molar-refractivity contribution < 1.29 is 13.9 Å². The van der Waals surface area contributed by atoms with Gasteiger partial charge in [-0.25, -0.2) is 14.4 Å². The highest BCUT2D eigenvalue weighted by molar-refractivity contribution is 7.22. The number of rotatable bonds is 7. The molecule has 1 amide bonds. The summed E-state index contributed by atoms with van der Waals surface area (Å²) < 4.78 is 20.1. The highest BCUT2D eigenvalue weighted by atomic mass is 32.1. The first kappa shape index (κ1) is 24.6. The van der Waals surface area contributed by atoms with Gasteiger partial charge in [0.25, 0.3) is 5.91 Å². The highest BCUT2D eigenvalue weighted by Crippen LogP contribution is 2.32. The molecular formula is C30H27FN4O2S. The molecule has 2 aromatic heterocycles. The second-order valence-corrected chi connectivity index (χ2v) is 10.3. The number of hydrogen-bond acceptors (Lipinski definition) is 6. The Morgan fingerprint density at radius 1 is 0.947 bits per heavy atom. The molecule has 1 aliphatic rings. The fraction of sp³-hybridized carbons (Fsp3) is 0.233. The molecule has 0 atom stereocenters. The van der Waals surface area contributed by atoms with Crippen LogP contribution in [0.4, 0.5) is 9.52 Å². The van der Waals surface area contributed by atoms with Gasteiger partial charge in [0.05, 0.1) is 40.2 Å². The number of carbonyl (C=O) groups is 1. The van der Waals surface area contributed by atoms with Crippen molar-refractivity contribution in [2.75, 3.05) is 44.3 Å². The zero-order chi connectivity index (χ0) is 25.9. The molecule has 0 saturated carbocycles. The molecule has 6 rings (SSSR count). The van der Waals surface area contributed by atoms with Crippen LogP contribution >= 0.6 is 11.3 Å². The monoisotopic (exact) mass is 526 g/mol. The lowest BCUT2D eigenvalue weighted by Gasteiger charge is -2.28. The average molecular weight is 527 g/mol. The fourth-order valence-electron chi connectivity index (χ4n) is 4.82. The third-order valence-corrected chi connectivity index (χ3v) is 7.83. The molecule has 8 heteroatoms. The zero-order valence-corrected chi connectivity index (χ0v) is 21.7. The van der Waals surface area contributed by atoms with Gasteiger partial charge in [-0.3, -0.25) is 14.6 Å². The molecule has 1 fully saturated rings. The van der Waals surface area contributed by atoms with E-state index in [0.717, 1.165) is 66.1 Å². The van der Waals surface area contributed by atoms with Gasteiger partial charge in [0, 0.05) is 37.1 Å². The number of morpholine rings is 1. The molecule has 3 aromatic carbocycles. The number of pyridine rings is 1. The van der Waals surface area contributed by atoms with E-state index in [2.05, 4.69) is 4.90 Å². The molecule has 0 N–H and O–H groups in total. The van der Waals surface area contributed by atoms with Crippen LogP contribution in [0.1, 0.15) is 16.8 Å². The van der Waals surface area contributed by atoms with E-state index in [0.29, 0.717) is 22.8 Å². The van der Waals surface area contributed by atoms with Crippen LogP contribution in [-0.2, 0) is 4.74 Å². The minimum Gasteiger partial charge on any atom is -0.379 e. The summed E-state index contributed by atoms with van der Waals surface area (Å²) in [5.41, 5.74) is 3.71. The Morgan fingerprint density at radius 3 is 2.58 bits per heavy atom. The van der Waals surface area contributed by atoms with E-state index < -0.39 is 0 Å². The van der Waals surface area contributed by atoms with Crippen LogP contribution in [0.5, 0.6) is 0 Å². The summed E-state index contributed by atoms with van der Waals surface area (Å²) in [6.45, 7) is 4.61. The topological polar surface area (TPSA) is 58.6 Å². The highest BCUT2D eigenvalue weighted by Gasteiger charge is 2.24. The quantitative estimate of drug-likeness (QED) is 0.260. The Hall–Kier alpha value is -3.72. The molecule has 0 aliphatic carbocycles. The number of ether oxygens (including phenoxy) is 1. The Bertz CT molecular complexity index is 1580. The minimum atomic E-state index is -0.314. The summed E-state index contributed by atoms with van der Waals surface area (Å²) in [5.74, 6) is -0.451. The van der Waals surface area contributed by atoms with Gasteiger partial charge in [-0.15, -0.1) is 0 Å². The number of anilines is 1. The molecule has 1 saturated heterocycles. The number of carbonyl (C=O) groups excluding carboxylic acids is 1. The van der Waals surface area contributed by atoms with Crippen LogP contribution in [-0.4, -0.2) is 60.2 Å². The number of amides is 1. The molecule has 6 nitrogen and oxygen atoms in total. The molecule has 0 unspecified atom stereocenters. The maximum Gasteiger partial charge on any atom is 0.260 e. The SMILES string of the molecule is O=C(c1cc(-c2ccccc2)nc2ccccc12)N(CCCN1CCOCC1)c1nc2ccc(F)cc2s1. The second kappa shape index (κ2) is 10.9. The Kier molecular flexibility index (Phi) is 7.09. The third kappa shape index (κ3) is 5.15. The zero-order valence-electron chi connectivity index (χ0n) is 20.8. The number of nitrogens with zero attached hydrogens (tertiary/aromatic N) is 4. The summed E-state index contributed by atoms with van der Waals surface area (Å²) >= 11 is 1.34. The van der Waals surface area contributed by atoms with E-state index in [1.165, 1.54) is 23.5 Å². The van der Waals surface area contributed by atoms with Gasteiger partial charge in [-0.2, -0.15) is 0 Å². The lowest BCUT2D eigenvalue weighted by Crippen LogP contribution is -2.39. The van der Waals surface area contributed by atoms with E-state index in [1.54, 1.807) is 11.0 Å². The first-order chi connectivity index (χ1) is 18.7. The van der Waals surface area contributed by atoms with Gasteiger partial charge in [0.1, 0.15) is 5.82 Å². The van der Waals surface area contributed by atoms with Crippen molar-refractivity contribution in [3.8, 4) is 11.3 Å². The minimum absolute atomic E-state index is 0.137. The summed E-state index contributed by atoms with van der Waals surface area (Å²) in [4.78, 5) is 28.0. The van der Waals surface area contributed by atoms with Crippen molar-refractivity contribution in [2.45, 2.75) is 6.42 Å². The number of aromatic nitrogens is 2. The van der Waals surface area contributed by atoms with E-state index >= 15 is 0 Å². The number of benzene rings is 3. The number of para-hydroxylation sites is 1. The van der Waals surface area contributed by atoms with Gasteiger partial charge < -0.3 is 4.74 Å². The van der Waals surface area contributed by atoms with E-state index in [-0.39, 0.29) is 11.7 Å². The predicted molar refractivity (Wildman–Crippen MR) is 150 cm³/mol. The Balaban J connectivity index is 1.39. The average Bonchev–Trinajstić information content (AvgIpc) is 3.38. The first-order valence-electron chi connectivity index (χ1n) is 12.8. The smallest absolute Gasteiger partial charge is 0.260 e. The van der Waals surface area contributed by atoms with Crippen molar-refractivity contribution in [2.24, 2.45) is 0 Å². The van der Waals surface area contributed by atoms with Gasteiger partial charge in [-0.1, -0.05) is 59.9 Å². The van der Waals surface area contributed by atoms with Crippen LogP contribution in [0.15, 0.2) is 78.9 Å². The Morgan fingerprint density at radius 2 is 1.74 bits per heavy atom. The first-order valence-corrected chi connectivity index (χ1v) is 13.6. The van der Waals surface area contributed by atoms with Crippen LogP contribution in [0.25, 0.3) is 32.4 Å². The molecule has 5 aromatic rings. The summed E-state index contributed by atoms with van der Waals surface area (Å²) in [7, 11) is 0. The second-order valence-electron chi connectivity index (χ2n) is 9.31. The number of thiazole rings is 1. The van der Waals surface area contributed by atoms with E-state index in [9.17, 15) is 9.18 Å². The lowest BCUT2D eigenvalue weighted by molar-refractivity contribution is 0.0376. The third-order valence-electron chi connectivity index (χ3n) is 6.79. The summed E-state index contributed by atoms with van der Waals surface area (Å²) in [6, 6.07) is 24.0. The normalized spacial score (nSPS) is 14.2. The van der Waals surface area contributed by atoms with Crippen molar-refractivity contribution >= 4 is 43.5 Å². The molecule has 192 valence electrons. The van der Waals surface area contributed by atoms with Gasteiger partial charge in [-0.05, 0) is 36.8 Å². The lowest BCUT2D eigenvalue weighted by atomic mass is 10.0. The molecule has 0 bridgehead atoms. The number of hydrogen-bond donors (Lipinski definition) is 0. The summed E-state index contributed by atoms with van der Waals surface area (Å²) in [5, 5.41) is 1.36. The van der Waals surface area contributed by atoms with Gasteiger partial charge in [0.2, 0.25) is 0 Å². The standard InChI is InChI=1S/C30H27FN4O2S/c31-22-11-12-26-28(19-22)38-30(33-26)35(14-6-13-34-15-17-37-18-16-34)29(36)24-20-27(21-7-2-1-3-8-21)32-25-10-5-4-9-23(24)25/h1-5,7-12,19-20H,6,13-18H2. The maximum absolute atomic E-state index is 14.3. The fourth-order valence-corrected chi connectivity index (χ4v) is 5.83. The maximum atomic E-state index is 14.3. The van der Waals surface area contributed by atoms with Crippen molar-refractivity contribution in [3.05, 3.63) is 90.2 Å². The molecular weight excluding hydrogens is 499 g/mol.